The molecule has 0 saturated carbocycles. The maximum Gasteiger partial charge on any atom is 0.127 e. The fourth-order valence-electron chi connectivity index (χ4n) is 2.91. The molecule has 19 heavy (non-hydrogen) atoms. The molecular weight excluding hydrogens is 238 g/mol. The Morgan fingerprint density at radius 2 is 2.26 bits per heavy atom. The van der Waals surface area contributed by atoms with Crippen molar-refractivity contribution in [3.8, 4) is 5.75 Å². The molecule has 1 aromatic carbocycles. The second kappa shape index (κ2) is 6.92. The van der Waals surface area contributed by atoms with Crippen molar-refractivity contribution in [3.05, 3.63) is 29.3 Å². The van der Waals surface area contributed by atoms with Crippen LogP contribution in [0, 0.1) is 0 Å². The summed E-state index contributed by atoms with van der Waals surface area (Å²) in [6, 6.07) is 6.66. The van der Waals surface area contributed by atoms with Crippen molar-refractivity contribution in [2.24, 2.45) is 0 Å². The van der Waals surface area contributed by atoms with Crippen LogP contribution in [0.2, 0.25) is 0 Å². The van der Waals surface area contributed by atoms with Crippen LogP contribution in [0.15, 0.2) is 18.2 Å². The average molecular weight is 263 g/mol. The molecular formula is C16H25NO2. The van der Waals surface area contributed by atoms with Crippen molar-refractivity contribution in [2.45, 2.75) is 44.8 Å². The van der Waals surface area contributed by atoms with Gasteiger partial charge in [-0.05, 0) is 31.9 Å². The minimum Gasteiger partial charge on any atom is -0.493 e. The topological polar surface area (TPSA) is 30.5 Å². The fourth-order valence-corrected chi connectivity index (χ4v) is 2.91. The van der Waals surface area contributed by atoms with Crippen LogP contribution >= 0.6 is 0 Å². The van der Waals surface area contributed by atoms with E-state index in [0.29, 0.717) is 0 Å². The molecule has 0 aromatic heterocycles. The average Bonchev–Trinajstić information content (AvgIpc) is 2.47. The third-order valence-corrected chi connectivity index (χ3v) is 3.86. The number of methoxy groups -OCH3 is 1. The minimum absolute atomic E-state index is 0.187. The van der Waals surface area contributed by atoms with Gasteiger partial charge in [0.25, 0.3) is 0 Å². The van der Waals surface area contributed by atoms with Crippen LogP contribution in [0.5, 0.6) is 5.75 Å². The van der Waals surface area contributed by atoms with E-state index in [-0.39, 0.29) is 12.1 Å². The molecule has 0 radical (unpaired) electrons. The van der Waals surface area contributed by atoms with Crippen molar-refractivity contribution >= 4 is 0 Å². The van der Waals surface area contributed by atoms with E-state index in [9.17, 15) is 0 Å². The first-order valence-electron chi connectivity index (χ1n) is 7.26. The molecule has 2 atom stereocenters. The highest BCUT2D eigenvalue weighted by Gasteiger charge is 2.26. The number of aryl methyl sites for hydroxylation is 1. The highest BCUT2D eigenvalue weighted by atomic mass is 16.5. The molecule has 0 bridgehead atoms. The lowest BCUT2D eigenvalue weighted by atomic mass is 9.93. The van der Waals surface area contributed by atoms with E-state index < -0.39 is 0 Å². The van der Waals surface area contributed by atoms with Crippen molar-refractivity contribution in [3.63, 3.8) is 0 Å². The molecule has 1 aliphatic rings. The van der Waals surface area contributed by atoms with Gasteiger partial charge in [0.1, 0.15) is 5.75 Å². The van der Waals surface area contributed by atoms with E-state index in [1.54, 1.807) is 7.11 Å². The van der Waals surface area contributed by atoms with Gasteiger partial charge < -0.3 is 14.8 Å². The van der Waals surface area contributed by atoms with E-state index in [4.69, 9.17) is 9.47 Å². The number of likely N-dealkylation sites (N-methyl/N-ethyl adjacent to an activating group) is 1. The molecule has 3 heteroatoms. The third-order valence-electron chi connectivity index (χ3n) is 3.86. The lowest BCUT2D eigenvalue weighted by molar-refractivity contribution is 0.0618. The number of benzene rings is 1. The Labute approximate surface area is 116 Å². The zero-order chi connectivity index (χ0) is 13.7. The maximum absolute atomic E-state index is 5.91. The molecule has 0 spiro atoms. The molecule has 1 heterocycles. The molecule has 1 aromatic rings. The summed E-state index contributed by atoms with van der Waals surface area (Å²) in [7, 11) is 3.79. The summed E-state index contributed by atoms with van der Waals surface area (Å²) in [6.45, 7) is 3.02. The van der Waals surface area contributed by atoms with Gasteiger partial charge in [0.05, 0.1) is 18.8 Å². The van der Waals surface area contributed by atoms with E-state index in [1.165, 1.54) is 11.1 Å². The molecule has 2 rings (SSSR count). The van der Waals surface area contributed by atoms with Crippen LogP contribution in [0.1, 0.15) is 43.4 Å². The molecule has 0 saturated heterocycles. The lowest BCUT2D eigenvalue weighted by Gasteiger charge is -2.29. The Morgan fingerprint density at radius 1 is 1.42 bits per heavy atom. The first-order valence-corrected chi connectivity index (χ1v) is 7.26. The molecule has 0 fully saturated rings. The summed E-state index contributed by atoms with van der Waals surface area (Å²) in [5.74, 6) is 1.08. The second-order valence-electron chi connectivity index (χ2n) is 5.12. The number of rotatable bonds is 6. The minimum atomic E-state index is 0.187. The van der Waals surface area contributed by atoms with E-state index in [0.717, 1.165) is 38.0 Å². The summed E-state index contributed by atoms with van der Waals surface area (Å²) in [4.78, 5) is 0. The highest BCUT2D eigenvalue weighted by molar-refractivity contribution is 5.45. The van der Waals surface area contributed by atoms with Gasteiger partial charge in [0.15, 0.2) is 0 Å². The molecule has 0 amide bonds. The number of hydrogen-bond acceptors (Lipinski definition) is 3. The van der Waals surface area contributed by atoms with Crippen LogP contribution < -0.4 is 10.1 Å². The van der Waals surface area contributed by atoms with Gasteiger partial charge in [-0.3, -0.25) is 0 Å². The first kappa shape index (κ1) is 14.4. The zero-order valence-electron chi connectivity index (χ0n) is 12.2. The van der Waals surface area contributed by atoms with Crippen LogP contribution in [0.3, 0.4) is 0 Å². The summed E-state index contributed by atoms with van der Waals surface area (Å²) in [5, 5.41) is 3.40. The SMILES string of the molecule is CCCC(OC)C(NC)c1cccc2c1OCCC2. The molecule has 1 aliphatic heterocycles. The first-order chi connectivity index (χ1) is 9.31. The maximum atomic E-state index is 5.91. The normalized spacial score (nSPS) is 17.4. The largest absolute Gasteiger partial charge is 0.493 e. The number of nitrogens with one attached hydrogen (secondary N) is 1. The summed E-state index contributed by atoms with van der Waals surface area (Å²) < 4.78 is 11.6. The van der Waals surface area contributed by atoms with Crippen molar-refractivity contribution in [1.82, 2.24) is 5.32 Å². The predicted octanol–water partition coefficient (Wildman–Crippen LogP) is 3.09. The van der Waals surface area contributed by atoms with Gasteiger partial charge in [0.2, 0.25) is 0 Å². The molecule has 1 N–H and O–H groups in total. The summed E-state index contributed by atoms with van der Waals surface area (Å²) >= 11 is 0. The summed E-state index contributed by atoms with van der Waals surface area (Å²) in [5.41, 5.74) is 2.57. The Bertz CT molecular complexity index is 406. The summed E-state index contributed by atoms with van der Waals surface area (Å²) in [6.07, 6.45) is 4.58. The molecule has 2 unspecified atom stereocenters. The fraction of sp³-hybridized carbons (Fsp3) is 0.625. The Hall–Kier alpha value is -1.06. The van der Waals surface area contributed by atoms with Crippen LogP contribution in [-0.2, 0) is 11.2 Å². The van der Waals surface area contributed by atoms with Gasteiger partial charge in [-0.2, -0.15) is 0 Å². The number of para-hydroxylation sites is 1. The second-order valence-corrected chi connectivity index (χ2v) is 5.12. The molecule has 0 aliphatic carbocycles. The van der Waals surface area contributed by atoms with Crippen LogP contribution in [0.25, 0.3) is 0 Å². The van der Waals surface area contributed by atoms with Gasteiger partial charge in [-0.1, -0.05) is 31.5 Å². The Kier molecular flexibility index (Phi) is 5.23. The van der Waals surface area contributed by atoms with E-state index in [2.05, 4.69) is 30.4 Å². The van der Waals surface area contributed by atoms with Gasteiger partial charge in [0, 0.05) is 12.7 Å². The van der Waals surface area contributed by atoms with E-state index >= 15 is 0 Å². The lowest BCUT2D eigenvalue weighted by Crippen LogP contribution is -2.32. The Morgan fingerprint density at radius 3 is 2.95 bits per heavy atom. The number of hydrogen-bond donors (Lipinski definition) is 1. The van der Waals surface area contributed by atoms with Gasteiger partial charge >= 0.3 is 0 Å². The van der Waals surface area contributed by atoms with Crippen LogP contribution in [-0.4, -0.2) is 26.9 Å². The third kappa shape index (κ3) is 3.10. The Balaban J connectivity index is 2.32. The van der Waals surface area contributed by atoms with Crippen LogP contribution in [0.4, 0.5) is 0 Å². The predicted molar refractivity (Wildman–Crippen MR) is 77.8 cm³/mol. The molecule has 106 valence electrons. The number of ether oxygens (including phenoxy) is 2. The smallest absolute Gasteiger partial charge is 0.127 e. The van der Waals surface area contributed by atoms with E-state index in [1.807, 2.05) is 7.05 Å². The van der Waals surface area contributed by atoms with Gasteiger partial charge in [-0.25, -0.2) is 0 Å². The standard InChI is InChI=1S/C16H25NO2/c1-4-7-14(18-3)15(17-2)13-10-5-8-12-9-6-11-19-16(12)13/h5,8,10,14-15,17H,4,6-7,9,11H2,1-3H3. The van der Waals surface area contributed by atoms with Crippen molar-refractivity contribution < 1.29 is 9.47 Å². The number of fused-ring (bicyclic) bond motifs is 1. The van der Waals surface area contributed by atoms with Gasteiger partial charge in [-0.15, -0.1) is 0 Å². The zero-order valence-corrected chi connectivity index (χ0v) is 12.2. The monoisotopic (exact) mass is 263 g/mol. The quantitative estimate of drug-likeness (QED) is 0.855. The van der Waals surface area contributed by atoms with Crippen molar-refractivity contribution in [2.75, 3.05) is 20.8 Å². The van der Waals surface area contributed by atoms with Crippen molar-refractivity contribution in [1.29, 1.82) is 0 Å². The molecule has 3 nitrogen and oxygen atoms in total. The highest BCUT2D eigenvalue weighted by Crippen LogP contribution is 2.35.